The molecule has 3 amide bonds. The molecule has 2 aromatic rings. The highest BCUT2D eigenvalue weighted by Gasteiger charge is 2.40. The fraction of sp³-hybridized carbons (Fsp3) is 0.200. The molecule has 0 bridgehead atoms. The number of aliphatic carboxylic acids is 1. The number of halogens is 1. The summed E-state index contributed by atoms with van der Waals surface area (Å²) >= 11 is 3.46. The number of nitrogens with one attached hydrogen (secondary N) is 1. The zero-order chi connectivity index (χ0) is 21.0. The maximum Gasteiger partial charge on any atom is 0.303 e. The molecule has 2 N–H and O–H groups in total. The van der Waals surface area contributed by atoms with E-state index in [1.165, 1.54) is 16.7 Å². The summed E-state index contributed by atoms with van der Waals surface area (Å²) in [5, 5.41) is 10.7. The number of hydrogen-bond donors (Lipinski definition) is 2. The largest absolute Gasteiger partial charge is 0.481 e. The summed E-state index contributed by atoms with van der Waals surface area (Å²) in [5.41, 5.74) is 1.11. The van der Waals surface area contributed by atoms with Crippen molar-refractivity contribution in [2.24, 2.45) is 0 Å². The Balaban J connectivity index is 1.61. The van der Waals surface area contributed by atoms with Gasteiger partial charge in [-0.15, -0.1) is 11.8 Å². The van der Waals surface area contributed by atoms with Crippen molar-refractivity contribution in [2.75, 3.05) is 10.2 Å². The molecule has 150 valence electrons. The molecule has 7 nitrogen and oxygen atoms in total. The second kappa shape index (κ2) is 9.40. The van der Waals surface area contributed by atoms with Crippen LogP contribution in [0.2, 0.25) is 0 Å². The summed E-state index contributed by atoms with van der Waals surface area (Å²) in [4.78, 5) is 49.3. The van der Waals surface area contributed by atoms with Crippen molar-refractivity contribution in [1.82, 2.24) is 0 Å². The number of benzene rings is 2. The number of imide groups is 1. The van der Waals surface area contributed by atoms with Crippen LogP contribution >= 0.6 is 34.4 Å². The molecule has 1 aliphatic heterocycles. The zero-order valence-electron chi connectivity index (χ0n) is 15.1. The number of anilines is 2. The molecule has 0 spiro atoms. The van der Waals surface area contributed by atoms with E-state index in [1.807, 2.05) is 12.1 Å². The van der Waals surface area contributed by atoms with Crippen LogP contribution in [0.3, 0.4) is 0 Å². The predicted molar refractivity (Wildman–Crippen MR) is 118 cm³/mol. The van der Waals surface area contributed by atoms with Gasteiger partial charge in [0.05, 0.1) is 17.4 Å². The average Bonchev–Trinajstić information content (AvgIpc) is 2.96. The highest BCUT2D eigenvalue weighted by molar-refractivity contribution is 14.1. The van der Waals surface area contributed by atoms with Crippen molar-refractivity contribution in [3.05, 3.63) is 52.1 Å². The summed E-state index contributed by atoms with van der Waals surface area (Å²) in [6, 6.07) is 14.1. The molecule has 3 rings (SSSR count). The van der Waals surface area contributed by atoms with E-state index in [9.17, 15) is 19.2 Å². The van der Waals surface area contributed by atoms with Crippen molar-refractivity contribution in [3.63, 3.8) is 0 Å². The molecule has 2 aromatic carbocycles. The van der Waals surface area contributed by atoms with Gasteiger partial charge in [0.25, 0.3) is 0 Å². The normalized spacial score (nSPS) is 16.2. The summed E-state index contributed by atoms with van der Waals surface area (Å²) in [6.07, 6.45) is -0.198. The lowest BCUT2D eigenvalue weighted by Gasteiger charge is -2.15. The van der Waals surface area contributed by atoms with Gasteiger partial charge in [0, 0.05) is 27.0 Å². The molecule has 0 aromatic heterocycles. The van der Waals surface area contributed by atoms with Crippen LogP contribution in [0.4, 0.5) is 11.4 Å². The highest BCUT2D eigenvalue weighted by atomic mass is 127. The van der Waals surface area contributed by atoms with Gasteiger partial charge in [-0.25, -0.2) is 4.90 Å². The minimum Gasteiger partial charge on any atom is -0.481 e. The molecule has 1 heterocycles. The number of hydrogen-bond acceptors (Lipinski definition) is 5. The number of carboxylic acid groups (broad SMARTS) is 1. The topological polar surface area (TPSA) is 104 Å². The van der Waals surface area contributed by atoms with E-state index in [-0.39, 0.29) is 37.0 Å². The fourth-order valence-corrected chi connectivity index (χ4v) is 4.20. The quantitative estimate of drug-likeness (QED) is 0.425. The van der Waals surface area contributed by atoms with Crippen LogP contribution in [0.15, 0.2) is 53.4 Å². The average molecular weight is 524 g/mol. The first kappa shape index (κ1) is 21.3. The van der Waals surface area contributed by atoms with Crippen LogP contribution in [0, 0.1) is 3.57 Å². The van der Waals surface area contributed by atoms with E-state index in [4.69, 9.17) is 5.11 Å². The first-order valence-corrected chi connectivity index (χ1v) is 10.7. The number of amides is 3. The van der Waals surface area contributed by atoms with Crippen LogP contribution in [0.25, 0.3) is 0 Å². The fourth-order valence-electron chi connectivity index (χ4n) is 2.78. The highest BCUT2D eigenvalue weighted by Crippen LogP contribution is 2.34. The van der Waals surface area contributed by atoms with Gasteiger partial charge in [-0.05, 0) is 71.1 Å². The minimum absolute atomic E-state index is 0.0983. The Morgan fingerprint density at radius 1 is 1.07 bits per heavy atom. The lowest BCUT2D eigenvalue weighted by Crippen LogP contribution is -2.31. The van der Waals surface area contributed by atoms with Gasteiger partial charge in [-0.1, -0.05) is 0 Å². The summed E-state index contributed by atoms with van der Waals surface area (Å²) in [7, 11) is 0. The number of thioether (sulfide) groups is 1. The number of nitrogens with zero attached hydrogens (tertiary/aromatic N) is 1. The number of carbonyl (C=O) groups is 4. The van der Waals surface area contributed by atoms with Crippen LogP contribution in [0.1, 0.15) is 19.3 Å². The smallest absolute Gasteiger partial charge is 0.303 e. The van der Waals surface area contributed by atoms with E-state index in [2.05, 4.69) is 27.9 Å². The van der Waals surface area contributed by atoms with E-state index in [1.54, 1.807) is 36.4 Å². The monoisotopic (exact) mass is 524 g/mol. The molecule has 0 saturated carbocycles. The molecular weight excluding hydrogens is 507 g/mol. The van der Waals surface area contributed by atoms with Crippen molar-refractivity contribution < 1.29 is 24.3 Å². The standard InChI is InChI=1S/C20H17IN2O5S/c21-12-1-5-14(6-2-12)23-18(25)11-16(20(23)28)29-15-7-3-13(4-8-15)22-17(24)9-10-19(26)27/h1-8,16H,9-11H2,(H,22,24)(H,26,27)/t16-/m0/s1. The van der Waals surface area contributed by atoms with Gasteiger partial charge >= 0.3 is 5.97 Å². The van der Waals surface area contributed by atoms with Gasteiger partial charge in [-0.2, -0.15) is 0 Å². The lowest BCUT2D eigenvalue weighted by molar-refractivity contribution is -0.138. The molecule has 1 atom stereocenters. The summed E-state index contributed by atoms with van der Waals surface area (Å²) < 4.78 is 1.02. The predicted octanol–water partition coefficient (Wildman–Crippen LogP) is 3.52. The Hall–Kier alpha value is -2.40. The molecule has 0 unspecified atom stereocenters. The molecule has 1 fully saturated rings. The molecule has 9 heteroatoms. The Morgan fingerprint density at radius 2 is 1.72 bits per heavy atom. The zero-order valence-corrected chi connectivity index (χ0v) is 18.1. The second-order valence-electron chi connectivity index (χ2n) is 6.32. The Kier molecular flexibility index (Phi) is 6.91. The molecule has 1 saturated heterocycles. The van der Waals surface area contributed by atoms with Crippen molar-refractivity contribution in [2.45, 2.75) is 29.4 Å². The molecule has 29 heavy (non-hydrogen) atoms. The van der Waals surface area contributed by atoms with Crippen LogP contribution < -0.4 is 10.2 Å². The number of rotatable bonds is 7. The Bertz CT molecular complexity index is 946. The molecule has 0 aliphatic carbocycles. The van der Waals surface area contributed by atoms with E-state index in [0.717, 1.165) is 8.47 Å². The third kappa shape index (κ3) is 5.57. The Labute approximate surface area is 185 Å². The minimum atomic E-state index is -1.03. The van der Waals surface area contributed by atoms with Crippen molar-refractivity contribution in [3.8, 4) is 0 Å². The van der Waals surface area contributed by atoms with Gasteiger partial charge in [-0.3, -0.25) is 19.2 Å². The van der Waals surface area contributed by atoms with Gasteiger partial charge in [0.2, 0.25) is 17.7 Å². The van der Waals surface area contributed by atoms with Crippen LogP contribution in [-0.4, -0.2) is 34.0 Å². The number of carboxylic acids is 1. The molecule has 0 radical (unpaired) electrons. The van der Waals surface area contributed by atoms with E-state index < -0.39 is 11.2 Å². The van der Waals surface area contributed by atoms with Crippen LogP contribution in [-0.2, 0) is 19.2 Å². The SMILES string of the molecule is O=C(O)CCC(=O)Nc1ccc(S[C@H]2CC(=O)N(c3ccc(I)cc3)C2=O)cc1. The number of carbonyl (C=O) groups excluding carboxylic acids is 3. The molecule has 1 aliphatic rings. The summed E-state index contributed by atoms with van der Waals surface area (Å²) in [6.45, 7) is 0. The maximum atomic E-state index is 12.7. The lowest BCUT2D eigenvalue weighted by atomic mass is 10.2. The van der Waals surface area contributed by atoms with Crippen LogP contribution in [0.5, 0.6) is 0 Å². The molecular formula is C20H17IN2O5S. The van der Waals surface area contributed by atoms with E-state index in [0.29, 0.717) is 11.4 Å². The third-order valence-electron chi connectivity index (χ3n) is 4.17. The van der Waals surface area contributed by atoms with Gasteiger partial charge in [0.15, 0.2) is 0 Å². The van der Waals surface area contributed by atoms with Gasteiger partial charge in [0.1, 0.15) is 0 Å². The second-order valence-corrected chi connectivity index (χ2v) is 8.84. The van der Waals surface area contributed by atoms with Crippen molar-refractivity contribution in [1.29, 1.82) is 0 Å². The first-order chi connectivity index (χ1) is 13.8. The summed E-state index contributed by atoms with van der Waals surface area (Å²) in [5.74, 6) is -1.87. The Morgan fingerprint density at radius 3 is 2.34 bits per heavy atom. The first-order valence-electron chi connectivity index (χ1n) is 8.74. The maximum absolute atomic E-state index is 12.7. The van der Waals surface area contributed by atoms with E-state index >= 15 is 0 Å². The van der Waals surface area contributed by atoms with Gasteiger partial charge < -0.3 is 10.4 Å². The van der Waals surface area contributed by atoms with Crippen molar-refractivity contribution >= 4 is 69.4 Å². The third-order valence-corrected chi connectivity index (χ3v) is 6.09.